The van der Waals surface area contributed by atoms with E-state index in [9.17, 15) is 18.3 Å². The molecule has 152 valence electrons. The van der Waals surface area contributed by atoms with Gasteiger partial charge in [0.25, 0.3) is 0 Å². The highest BCUT2D eigenvalue weighted by atomic mass is 32.2. The lowest BCUT2D eigenvalue weighted by atomic mass is 9.97. The van der Waals surface area contributed by atoms with Gasteiger partial charge in [0.15, 0.2) is 5.25 Å². The van der Waals surface area contributed by atoms with E-state index in [0.717, 1.165) is 22.3 Å². The number of allylic oxidation sites excluding steroid dienone is 1. The van der Waals surface area contributed by atoms with E-state index < -0.39 is 21.2 Å². The maximum Gasteiger partial charge on any atom is 0.323 e. The van der Waals surface area contributed by atoms with Gasteiger partial charge in [-0.2, -0.15) is 4.31 Å². The van der Waals surface area contributed by atoms with Gasteiger partial charge in [-0.05, 0) is 42.0 Å². The van der Waals surface area contributed by atoms with E-state index in [-0.39, 0.29) is 19.5 Å². The summed E-state index contributed by atoms with van der Waals surface area (Å²) in [5, 5.41) is 7.89. The standard InChI is InChI=1S/C23H25NO4S/c1-17(2)16-22(23(25)26)29(27,28)24-14-12-21(13-15-24)20-10-8-19(9-11-20)18-6-4-3-5-7-18/h3-12,22H,1,13-16H2,2H3,(H,25,26). The molecular formula is C23H25NO4S. The Morgan fingerprint density at radius 3 is 2.17 bits per heavy atom. The zero-order chi connectivity index (χ0) is 21.0. The molecule has 0 amide bonds. The Hall–Kier alpha value is -2.70. The number of hydrogen-bond acceptors (Lipinski definition) is 3. The fraction of sp³-hybridized carbons (Fsp3) is 0.261. The van der Waals surface area contributed by atoms with Crippen molar-refractivity contribution in [2.75, 3.05) is 13.1 Å². The van der Waals surface area contributed by atoms with Crippen molar-refractivity contribution < 1.29 is 18.3 Å². The number of carbonyl (C=O) groups is 1. The summed E-state index contributed by atoms with van der Waals surface area (Å²) in [6.07, 6.45) is 2.34. The smallest absolute Gasteiger partial charge is 0.323 e. The molecule has 1 heterocycles. The molecule has 2 aromatic rings. The first kappa shape index (κ1) is 21.0. The van der Waals surface area contributed by atoms with Gasteiger partial charge in [-0.25, -0.2) is 8.42 Å². The Labute approximate surface area is 172 Å². The van der Waals surface area contributed by atoms with E-state index in [4.69, 9.17) is 0 Å². The number of rotatable bonds is 7. The van der Waals surface area contributed by atoms with Crippen LogP contribution >= 0.6 is 0 Å². The van der Waals surface area contributed by atoms with Crippen molar-refractivity contribution in [1.82, 2.24) is 4.31 Å². The molecule has 0 bridgehead atoms. The molecule has 0 fully saturated rings. The first-order valence-electron chi connectivity index (χ1n) is 9.50. The summed E-state index contributed by atoms with van der Waals surface area (Å²) < 4.78 is 26.8. The minimum absolute atomic E-state index is 0.0777. The molecular weight excluding hydrogens is 386 g/mol. The topological polar surface area (TPSA) is 74.7 Å². The van der Waals surface area contributed by atoms with Gasteiger partial charge in [-0.1, -0.05) is 66.2 Å². The monoisotopic (exact) mass is 411 g/mol. The van der Waals surface area contributed by atoms with Crippen LogP contribution in [0.25, 0.3) is 16.7 Å². The Kier molecular flexibility index (Phi) is 6.35. The third kappa shape index (κ3) is 4.83. The molecule has 0 radical (unpaired) electrons. The first-order valence-corrected chi connectivity index (χ1v) is 11.0. The Morgan fingerprint density at radius 1 is 1.07 bits per heavy atom. The largest absolute Gasteiger partial charge is 0.480 e. The third-order valence-corrected chi connectivity index (χ3v) is 7.20. The SMILES string of the molecule is C=C(C)CC(C(=O)O)S(=O)(=O)N1CC=C(c2ccc(-c3ccccc3)cc2)CC1. The van der Waals surface area contributed by atoms with Crippen LogP contribution in [0.3, 0.4) is 0 Å². The van der Waals surface area contributed by atoms with E-state index in [0.29, 0.717) is 12.0 Å². The summed E-state index contributed by atoms with van der Waals surface area (Å²) in [4.78, 5) is 11.5. The second-order valence-electron chi connectivity index (χ2n) is 7.31. The molecule has 1 atom stereocenters. The molecule has 6 heteroatoms. The van der Waals surface area contributed by atoms with Crippen LogP contribution in [0.2, 0.25) is 0 Å². The Morgan fingerprint density at radius 2 is 1.66 bits per heavy atom. The van der Waals surface area contributed by atoms with Crippen molar-refractivity contribution in [1.29, 1.82) is 0 Å². The zero-order valence-corrected chi connectivity index (χ0v) is 17.2. The molecule has 0 saturated carbocycles. The second kappa shape index (κ2) is 8.76. The van der Waals surface area contributed by atoms with Crippen LogP contribution in [-0.2, 0) is 14.8 Å². The minimum atomic E-state index is -3.94. The Balaban J connectivity index is 1.75. The first-order chi connectivity index (χ1) is 13.8. The fourth-order valence-corrected chi connectivity index (χ4v) is 5.21. The summed E-state index contributed by atoms with van der Waals surface area (Å²) in [5.41, 5.74) is 4.93. The lowest BCUT2D eigenvalue weighted by molar-refractivity contribution is -0.136. The van der Waals surface area contributed by atoms with Gasteiger partial charge >= 0.3 is 5.97 Å². The van der Waals surface area contributed by atoms with Gasteiger partial charge in [0.1, 0.15) is 0 Å². The molecule has 0 aliphatic carbocycles. The molecule has 1 N–H and O–H groups in total. The van der Waals surface area contributed by atoms with Crippen molar-refractivity contribution in [3.05, 3.63) is 78.4 Å². The van der Waals surface area contributed by atoms with Gasteiger partial charge in [0, 0.05) is 13.1 Å². The Bertz CT molecular complexity index is 1020. The highest BCUT2D eigenvalue weighted by molar-refractivity contribution is 7.90. The summed E-state index contributed by atoms with van der Waals surface area (Å²) in [6.45, 7) is 5.75. The molecule has 0 aromatic heterocycles. The highest BCUT2D eigenvalue weighted by Crippen LogP contribution is 2.28. The van der Waals surface area contributed by atoms with Gasteiger partial charge in [0.2, 0.25) is 10.0 Å². The van der Waals surface area contributed by atoms with E-state index in [1.807, 2.05) is 36.4 Å². The summed E-state index contributed by atoms with van der Waals surface area (Å²) in [5.74, 6) is -1.33. The average molecular weight is 412 g/mol. The number of benzene rings is 2. The molecule has 3 rings (SSSR count). The van der Waals surface area contributed by atoms with Crippen LogP contribution < -0.4 is 0 Å². The lowest BCUT2D eigenvalue weighted by Crippen LogP contribution is -2.44. The molecule has 1 aliphatic heterocycles. The van der Waals surface area contributed by atoms with Gasteiger partial charge in [0.05, 0.1) is 0 Å². The number of sulfonamides is 1. The van der Waals surface area contributed by atoms with E-state index >= 15 is 0 Å². The van der Waals surface area contributed by atoms with Crippen LogP contribution in [-0.4, -0.2) is 42.1 Å². The van der Waals surface area contributed by atoms with E-state index in [2.05, 4.69) is 30.8 Å². The number of aliphatic carboxylic acids is 1. The van der Waals surface area contributed by atoms with Crippen LogP contribution in [0.15, 0.2) is 72.8 Å². The lowest BCUT2D eigenvalue weighted by Gasteiger charge is -2.28. The van der Waals surface area contributed by atoms with Crippen LogP contribution in [0.4, 0.5) is 0 Å². The quantitative estimate of drug-likeness (QED) is 0.693. The molecule has 2 aromatic carbocycles. The van der Waals surface area contributed by atoms with E-state index in [1.54, 1.807) is 6.92 Å². The minimum Gasteiger partial charge on any atom is -0.480 e. The predicted molar refractivity (Wildman–Crippen MR) is 116 cm³/mol. The van der Waals surface area contributed by atoms with Crippen molar-refractivity contribution in [3.8, 4) is 11.1 Å². The van der Waals surface area contributed by atoms with Crippen molar-refractivity contribution >= 4 is 21.6 Å². The molecule has 0 spiro atoms. The number of nitrogens with zero attached hydrogens (tertiary/aromatic N) is 1. The normalized spacial score (nSPS) is 16.1. The zero-order valence-electron chi connectivity index (χ0n) is 16.4. The predicted octanol–water partition coefficient (Wildman–Crippen LogP) is 4.19. The average Bonchev–Trinajstić information content (AvgIpc) is 2.72. The molecule has 1 unspecified atom stereocenters. The number of hydrogen-bond donors (Lipinski definition) is 1. The molecule has 5 nitrogen and oxygen atoms in total. The number of carboxylic acids is 1. The molecule has 1 aliphatic rings. The number of carboxylic acid groups (broad SMARTS) is 1. The van der Waals surface area contributed by atoms with Crippen LogP contribution in [0, 0.1) is 0 Å². The second-order valence-corrected chi connectivity index (χ2v) is 9.43. The summed E-state index contributed by atoms with van der Waals surface area (Å²) >= 11 is 0. The van der Waals surface area contributed by atoms with E-state index in [1.165, 1.54) is 4.31 Å². The molecule has 29 heavy (non-hydrogen) atoms. The molecule has 0 saturated heterocycles. The maximum absolute atomic E-state index is 12.8. The van der Waals surface area contributed by atoms with Crippen LogP contribution in [0.5, 0.6) is 0 Å². The van der Waals surface area contributed by atoms with Gasteiger partial charge in [-0.15, -0.1) is 6.58 Å². The fourth-order valence-electron chi connectivity index (χ4n) is 3.47. The summed E-state index contributed by atoms with van der Waals surface area (Å²) in [7, 11) is -3.94. The van der Waals surface area contributed by atoms with Crippen molar-refractivity contribution in [2.45, 2.75) is 25.0 Å². The van der Waals surface area contributed by atoms with Gasteiger partial charge < -0.3 is 5.11 Å². The van der Waals surface area contributed by atoms with Crippen molar-refractivity contribution in [3.63, 3.8) is 0 Å². The van der Waals surface area contributed by atoms with Crippen LogP contribution in [0.1, 0.15) is 25.3 Å². The van der Waals surface area contributed by atoms with Crippen molar-refractivity contribution in [2.24, 2.45) is 0 Å². The maximum atomic E-state index is 12.8. The van der Waals surface area contributed by atoms with Gasteiger partial charge in [-0.3, -0.25) is 4.79 Å². The third-order valence-electron chi connectivity index (χ3n) is 5.06. The summed E-state index contributed by atoms with van der Waals surface area (Å²) in [6, 6.07) is 18.3. The highest BCUT2D eigenvalue weighted by Gasteiger charge is 2.37.